The van der Waals surface area contributed by atoms with Crippen molar-refractivity contribution in [2.45, 2.75) is 12.5 Å². The highest BCUT2D eigenvalue weighted by Crippen LogP contribution is 2.17. The van der Waals surface area contributed by atoms with E-state index in [0.29, 0.717) is 6.42 Å². The summed E-state index contributed by atoms with van der Waals surface area (Å²) in [4.78, 5) is 22.9. The fraction of sp³-hybridized carbons (Fsp3) is 0.385. The van der Waals surface area contributed by atoms with Crippen LogP contribution in [0.25, 0.3) is 0 Å². The first kappa shape index (κ1) is 15.3. The molecule has 0 spiro atoms. The SMILES string of the molecule is NC(=O)c1ccccc1OCC(=O)N[C@@H]1CCS(=O)(=O)C1. The average Bonchev–Trinajstić information content (AvgIpc) is 2.75. The molecule has 2 amide bonds. The van der Waals surface area contributed by atoms with Gasteiger partial charge in [-0.05, 0) is 18.6 Å². The molecular weight excluding hydrogens is 296 g/mol. The predicted molar refractivity (Wildman–Crippen MR) is 75.7 cm³/mol. The molecule has 7 nitrogen and oxygen atoms in total. The molecule has 1 aromatic rings. The van der Waals surface area contributed by atoms with Crippen molar-refractivity contribution in [3.8, 4) is 5.75 Å². The summed E-state index contributed by atoms with van der Waals surface area (Å²) in [5, 5.41) is 2.59. The molecule has 1 aliphatic rings. The highest BCUT2D eigenvalue weighted by molar-refractivity contribution is 7.91. The van der Waals surface area contributed by atoms with Crippen LogP contribution >= 0.6 is 0 Å². The number of nitrogens with one attached hydrogen (secondary N) is 1. The van der Waals surface area contributed by atoms with E-state index in [1.54, 1.807) is 12.1 Å². The van der Waals surface area contributed by atoms with Gasteiger partial charge in [-0.1, -0.05) is 12.1 Å². The molecule has 0 saturated carbocycles. The topological polar surface area (TPSA) is 116 Å². The highest BCUT2D eigenvalue weighted by atomic mass is 32.2. The fourth-order valence-corrected chi connectivity index (χ4v) is 3.79. The predicted octanol–water partition coefficient (Wildman–Crippen LogP) is -0.532. The Morgan fingerprint density at radius 3 is 2.67 bits per heavy atom. The number of hydrogen-bond acceptors (Lipinski definition) is 5. The van der Waals surface area contributed by atoms with Crippen LogP contribution in [-0.4, -0.2) is 44.4 Å². The van der Waals surface area contributed by atoms with Gasteiger partial charge in [-0.25, -0.2) is 8.42 Å². The molecule has 0 unspecified atom stereocenters. The molecule has 1 saturated heterocycles. The summed E-state index contributed by atoms with van der Waals surface area (Å²) < 4.78 is 27.8. The molecule has 1 aromatic carbocycles. The Labute approximate surface area is 122 Å². The van der Waals surface area contributed by atoms with Gasteiger partial charge < -0.3 is 15.8 Å². The number of carbonyl (C=O) groups excluding carboxylic acids is 2. The van der Waals surface area contributed by atoms with Gasteiger partial charge in [-0.2, -0.15) is 0 Å². The van der Waals surface area contributed by atoms with E-state index in [2.05, 4.69) is 5.32 Å². The van der Waals surface area contributed by atoms with Gasteiger partial charge in [0, 0.05) is 6.04 Å². The van der Waals surface area contributed by atoms with Gasteiger partial charge in [0.15, 0.2) is 16.4 Å². The molecule has 0 aromatic heterocycles. The number of amides is 2. The first-order chi connectivity index (χ1) is 9.87. The van der Waals surface area contributed by atoms with Crippen LogP contribution in [-0.2, 0) is 14.6 Å². The lowest BCUT2D eigenvalue weighted by Gasteiger charge is -2.12. The third-order valence-electron chi connectivity index (χ3n) is 3.11. The van der Waals surface area contributed by atoms with E-state index in [4.69, 9.17) is 10.5 Å². The van der Waals surface area contributed by atoms with Gasteiger partial charge in [-0.3, -0.25) is 9.59 Å². The van der Waals surface area contributed by atoms with Crippen molar-refractivity contribution in [2.24, 2.45) is 5.73 Å². The molecule has 0 bridgehead atoms. The summed E-state index contributed by atoms with van der Waals surface area (Å²) in [6.07, 6.45) is 0.409. The van der Waals surface area contributed by atoms with Crippen molar-refractivity contribution in [1.29, 1.82) is 0 Å². The summed E-state index contributed by atoms with van der Waals surface area (Å²) in [5.74, 6) is -0.816. The van der Waals surface area contributed by atoms with E-state index in [0.717, 1.165) is 0 Å². The first-order valence-corrected chi connectivity index (χ1v) is 8.21. The van der Waals surface area contributed by atoms with E-state index in [1.165, 1.54) is 12.1 Å². The molecule has 0 radical (unpaired) electrons. The molecule has 1 fully saturated rings. The normalized spacial score (nSPS) is 19.9. The molecule has 3 N–H and O–H groups in total. The van der Waals surface area contributed by atoms with Gasteiger partial charge >= 0.3 is 0 Å². The second-order valence-corrected chi connectivity index (χ2v) is 7.05. The van der Waals surface area contributed by atoms with Crippen LogP contribution in [0, 0.1) is 0 Å². The van der Waals surface area contributed by atoms with Crippen LogP contribution in [0.2, 0.25) is 0 Å². The van der Waals surface area contributed by atoms with Crippen molar-refractivity contribution in [2.75, 3.05) is 18.1 Å². The maximum Gasteiger partial charge on any atom is 0.258 e. The van der Waals surface area contributed by atoms with E-state index in [9.17, 15) is 18.0 Å². The second kappa shape index (κ2) is 6.13. The number of nitrogens with two attached hydrogens (primary N) is 1. The number of para-hydroxylation sites is 1. The summed E-state index contributed by atoms with van der Waals surface area (Å²) in [7, 11) is -3.04. The van der Waals surface area contributed by atoms with Gasteiger partial charge in [0.2, 0.25) is 0 Å². The van der Waals surface area contributed by atoms with Crippen molar-refractivity contribution >= 4 is 21.7 Å². The summed E-state index contributed by atoms with van der Waals surface area (Å²) in [6.45, 7) is -0.305. The van der Waals surface area contributed by atoms with Crippen LogP contribution < -0.4 is 15.8 Å². The molecule has 8 heteroatoms. The third-order valence-corrected chi connectivity index (χ3v) is 4.88. The molecule has 1 atom stereocenters. The van der Waals surface area contributed by atoms with Crippen LogP contribution in [0.3, 0.4) is 0 Å². The number of carbonyl (C=O) groups is 2. The van der Waals surface area contributed by atoms with E-state index in [1.807, 2.05) is 0 Å². The largest absolute Gasteiger partial charge is 0.483 e. The maximum absolute atomic E-state index is 11.7. The number of primary amides is 1. The Bertz CT molecular complexity index is 656. The van der Waals surface area contributed by atoms with Crippen LogP contribution in [0.5, 0.6) is 5.75 Å². The minimum absolute atomic E-state index is 0.0450. The Balaban J connectivity index is 1.89. The molecule has 0 aliphatic carbocycles. The van der Waals surface area contributed by atoms with Crippen LogP contribution in [0.1, 0.15) is 16.8 Å². The number of rotatable bonds is 5. The number of hydrogen-bond donors (Lipinski definition) is 2. The van der Waals surface area contributed by atoms with E-state index >= 15 is 0 Å². The Morgan fingerprint density at radius 2 is 2.05 bits per heavy atom. The highest BCUT2D eigenvalue weighted by Gasteiger charge is 2.28. The van der Waals surface area contributed by atoms with Gasteiger partial charge in [0.1, 0.15) is 5.75 Å². The Hall–Kier alpha value is -2.09. The van der Waals surface area contributed by atoms with Gasteiger partial charge in [-0.15, -0.1) is 0 Å². The summed E-state index contributed by atoms with van der Waals surface area (Å²) in [5.41, 5.74) is 5.39. The van der Waals surface area contributed by atoms with Crippen molar-refractivity contribution < 1.29 is 22.7 Å². The number of ether oxygens (including phenoxy) is 1. The van der Waals surface area contributed by atoms with Gasteiger partial charge in [0.25, 0.3) is 11.8 Å². The van der Waals surface area contributed by atoms with Crippen LogP contribution in [0.4, 0.5) is 0 Å². The quantitative estimate of drug-likeness (QED) is 0.758. The minimum Gasteiger partial charge on any atom is -0.483 e. The third kappa shape index (κ3) is 4.19. The van der Waals surface area contributed by atoms with Gasteiger partial charge in [0.05, 0.1) is 17.1 Å². The summed E-state index contributed by atoms with van der Waals surface area (Å²) in [6, 6.07) is 5.95. The fourth-order valence-electron chi connectivity index (χ4n) is 2.12. The molecule has 1 aliphatic heterocycles. The monoisotopic (exact) mass is 312 g/mol. The van der Waals surface area contributed by atoms with Crippen molar-refractivity contribution in [3.05, 3.63) is 29.8 Å². The van der Waals surface area contributed by atoms with E-state index in [-0.39, 0.29) is 35.5 Å². The smallest absolute Gasteiger partial charge is 0.258 e. The zero-order valence-corrected chi connectivity index (χ0v) is 12.1. The second-order valence-electron chi connectivity index (χ2n) is 4.82. The van der Waals surface area contributed by atoms with Crippen molar-refractivity contribution in [3.63, 3.8) is 0 Å². The lowest BCUT2D eigenvalue weighted by atomic mass is 10.2. The number of sulfone groups is 1. The van der Waals surface area contributed by atoms with Crippen molar-refractivity contribution in [1.82, 2.24) is 5.32 Å². The molecule has 21 heavy (non-hydrogen) atoms. The maximum atomic E-state index is 11.7. The van der Waals surface area contributed by atoms with E-state index < -0.39 is 21.7 Å². The molecule has 114 valence electrons. The summed E-state index contributed by atoms with van der Waals surface area (Å²) >= 11 is 0. The Morgan fingerprint density at radius 1 is 1.33 bits per heavy atom. The molecular formula is C13H16N2O5S. The Kier molecular flexibility index (Phi) is 4.46. The minimum atomic E-state index is -3.04. The first-order valence-electron chi connectivity index (χ1n) is 6.39. The lowest BCUT2D eigenvalue weighted by Crippen LogP contribution is -2.38. The number of benzene rings is 1. The van der Waals surface area contributed by atoms with Crippen LogP contribution in [0.15, 0.2) is 24.3 Å². The average molecular weight is 312 g/mol. The standard InChI is InChI=1S/C13H16N2O5S/c14-13(17)10-3-1-2-4-11(10)20-7-12(16)15-9-5-6-21(18,19)8-9/h1-4,9H,5-8H2,(H2,14,17)(H,15,16)/t9-/m1/s1. The zero-order valence-electron chi connectivity index (χ0n) is 11.2. The molecule has 1 heterocycles. The molecule has 2 rings (SSSR count). The lowest BCUT2D eigenvalue weighted by molar-refractivity contribution is -0.123. The zero-order chi connectivity index (χ0) is 15.5.